The molecule has 1 heterocycles. The number of fused-ring (bicyclic) bond motifs is 5. The summed E-state index contributed by atoms with van der Waals surface area (Å²) in [6.45, 7) is 16.8. The lowest BCUT2D eigenvalue weighted by Gasteiger charge is -2.62. The van der Waals surface area contributed by atoms with E-state index >= 15 is 0 Å². The standard InChI is InChI=1S/C32H50O6/c1-9-37-27-18(16-23(34)26(38-27)29(4,5)36)19-10-14-32(8)21-17-22(33)25-28(2,3)24(35)12-13-30(25,6)20(21)11-15-31(19,32)7/h17-20,23,25-27,34,36H,9-16H2,1-8H3/t18-,19-,20-,23-,25-,26-,27-,30+,31-,32+/m0/s1. The molecule has 0 aromatic heterocycles. The fourth-order valence-corrected chi connectivity index (χ4v) is 10.3. The number of rotatable bonds is 4. The average molecular weight is 531 g/mol. The van der Waals surface area contributed by atoms with Gasteiger partial charge in [-0.1, -0.05) is 40.2 Å². The Bertz CT molecular complexity index is 1020. The maximum atomic E-state index is 13.9. The van der Waals surface area contributed by atoms with E-state index in [1.807, 2.05) is 26.8 Å². The van der Waals surface area contributed by atoms with Crippen LogP contribution < -0.4 is 0 Å². The Morgan fingerprint density at radius 3 is 2.39 bits per heavy atom. The van der Waals surface area contributed by atoms with E-state index in [-0.39, 0.29) is 45.6 Å². The number of aliphatic hydroxyl groups is 2. The molecular formula is C32H50O6. The largest absolute Gasteiger partial charge is 0.390 e. The summed E-state index contributed by atoms with van der Waals surface area (Å²) in [4.78, 5) is 26.7. The third kappa shape index (κ3) is 3.79. The molecule has 0 aromatic rings. The lowest BCUT2D eigenvalue weighted by Crippen LogP contribution is -2.60. The van der Waals surface area contributed by atoms with Crippen molar-refractivity contribution in [3.63, 3.8) is 0 Å². The molecule has 0 radical (unpaired) electrons. The van der Waals surface area contributed by atoms with Gasteiger partial charge in [-0.25, -0.2) is 0 Å². The second-order valence-electron chi connectivity index (χ2n) is 15.1. The van der Waals surface area contributed by atoms with Gasteiger partial charge in [0.2, 0.25) is 0 Å². The van der Waals surface area contributed by atoms with Crippen LogP contribution in [0.4, 0.5) is 0 Å². The highest BCUT2D eigenvalue weighted by molar-refractivity contribution is 6.00. The van der Waals surface area contributed by atoms with Crippen molar-refractivity contribution in [3.8, 4) is 0 Å². The molecule has 10 atom stereocenters. The first kappa shape index (κ1) is 28.4. The first-order valence-corrected chi connectivity index (χ1v) is 15.0. The quantitative estimate of drug-likeness (QED) is 0.516. The highest BCUT2D eigenvalue weighted by atomic mass is 16.7. The summed E-state index contributed by atoms with van der Waals surface area (Å²) in [5.41, 5.74) is -0.876. The van der Waals surface area contributed by atoms with Crippen LogP contribution in [-0.2, 0) is 19.1 Å². The Labute approximate surface area is 228 Å². The molecule has 0 bridgehead atoms. The summed E-state index contributed by atoms with van der Waals surface area (Å²) in [5, 5.41) is 21.8. The maximum absolute atomic E-state index is 13.9. The van der Waals surface area contributed by atoms with Crippen molar-refractivity contribution in [3.05, 3.63) is 11.6 Å². The summed E-state index contributed by atoms with van der Waals surface area (Å²) < 4.78 is 12.4. The Balaban J connectivity index is 1.50. The molecule has 38 heavy (non-hydrogen) atoms. The summed E-state index contributed by atoms with van der Waals surface area (Å²) in [7, 11) is 0. The molecule has 4 aliphatic carbocycles. The molecule has 6 nitrogen and oxygen atoms in total. The molecule has 1 aliphatic heterocycles. The Hall–Kier alpha value is -1.08. The number of carbonyl (C=O) groups excluding carboxylic acids is 2. The van der Waals surface area contributed by atoms with Crippen molar-refractivity contribution in [2.45, 2.75) is 124 Å². The molecule has 214 valence electrons. The van der Waals surface area contributed by atoms with E-state index in [0.29, 0.717) is 25.4 Å². The van der Waals surface area contributed by atoms with Crippen LogP contribution in [0.3, 0.4) is 0 Å². The fourth-order valence-electron chi connectivity index (χ4n) is 10.3. The predicted molar refractivity (Wildman–Crippen MR) is 145 cm³/mol. The molecule has 6 heteroatoms. The van der Waals surface area contributed by atoms with Crippen LogP contribution in [0.1, 0.15) is 100 Å². The molecule has 0 aromatic carbocycles. The zero-order valence-corrected chi connectivity index (χ0v) is 24.8. The number of Topliss-reactive ketones (excluding diaryl/α,β-unsaturated/α-hetero) is 1. The lowest BCUT2D eigenvalue weighted by atomic mass is 9.41. The summed E-state index contributed by atoms with van der Waals surface area (Å²) in [6.07, 6.45) is 5.96. The summed E-state index contributed by atoms with van der Waals surface area (Å²) in [6, 6.07) is 0. The van der Waals surface area contributed by atoms with Crippen LogP contribution in [-0.4, -0.2) is 52.5 Å². The highest BCUT2D eigenvalue weighted by Gasteiger charge is 2.68. The van der Waals surface area contributed by atoms with E-state index < -0.39 is 29.5 Å². The lowest BCUT2D eigenvalue weighted by molar-refractivity contribution is -0.292. The molecule has 0 amide bonds. The van der Waals surface area contributed by atoms with Gasteiger partial charge in [-0.05, 0) is 93.5 Å². The van der Waals surface area contributed by atoms with Crippen molar-refractivity contribution in [2.24, 2.45) is 45.3 Å². The van der Waals surface area contributed by atoms with E-state index in [2.05, 4.69) is 20.8 Å². The number of hydrogen-bond acceptors (Lipinski definition) is 6. The molecule has 1 saturated heterocycles. The number of hydrogen-bond donors (Lipinski definition) is 2. The van der Waals surface area contributed by atoms with Gasteiger partial charge in [0.05, 0.1) is 11.7 Å². The van der Waals surface area contributed by atoms with E-state index in [9.17, 15) is 19.8 Å². The Morgan fingerprint density at radius 1 is 1.08 bits per heavy atom. The normalized spacial score (nSPS) is 48.7. The molecule has 3 saturated carbocycles. The van der Waals surface area contributed by atoms with Crippen molar-refractivity contribution >= 4 is 11.6 Å². The van der Waals surface area contributed by atoms with E-state index in [0.717, 1.165) is 32.1 Å². The van der Waals surface area contributed by atoms with Crippen LogP contribution in [0.2, 0.25) is 0 Å². The van der Waals surface area contributed by atoms with Gasteiger partial charge in [-0.2, -0.15) is 0 Å². The van der Waals surface area contributed by atoms with Crippen LogP contribution in [0.25, 0.3) is 0 Å². The average Bonchev–Trinajstić information content (AvgIpc) is 3.08. The number of ketones is 2. The highest BCUT2D eigenvalue weighted by Crippen LogP contribution is 2.73. The van der Waals surface area contributed by atoms with Crippen molar-refractivity contribution in [2.75, 3.05) is 6.61 Å². The van der Waals surface area contributed by atoms with Gasteiger partial charge in [0.15, 0.2) is 12.1 Å². The molecule has 0 spiro atoms. The zero-order valence-electron chi connectivity index (χ0n) is 24.8. The van der Waals surface area contributed by atoms with Gasteiger partial charge < -0.3 is 19.7 Å². The molecular weight excluding hydrogens is 480 g/mol. The van der Waals surface area contributed by atoms with E-state index in [1.165, 1.54) is 5.57 Å². The van der Waals surface area contributed by atoms with Crippen LogP contribution in [0.15, 0.2) is 11.6 Å². The fraction of sp³-hybridized carbons (Fsp3) is 0.875. The minimum atomic E-state index is -1.17. The molecule has 5 rings (SSSR count). The second-order valence-corrected chi connectivity index (χ2v) is 15.1. The van der Waals surface area contributed by atoms with Crippen molar-refractivity contribution in [1.29, 1.82) is 0 Å². The molecule has 4 fully saturated rings. The SMILES string of the molecule is CCO[C@H]1O[C@H](C(C)(C)O)[C@@H](O)C[C@H]1[C@@H]1CC[C@]2(C)C3=CC(=O)[C@H]4C(C)(C)C(=O)CC[C@]4(C)[C@H]3CC[C@@]12C. The zero-order chi connectivity index (χ0) is 28.1. The smallest absolute Gasteiger partial charge is 0.161 e. The van der Waals surface area contributed by atoms with Crippen molar-refractivity contribution < 1.29 is 29.3 Å². The number of ether oxygens (including phenoxy) is 2. The van der Waals surface area contributed by atoms with Gasteiger partial charge in [-0.15, -0.1) is 0 Å². The van der Waals surface area contributed by atoms with Crippen molar-refractivity contribution in [1.82, 2.24) is 0 Å². The molecule has 0 unspecified atom stereocenters. The number of allylic oxidation sites excluding steroid dienone is 2. The third-order valence-electron chi connectivity index (χ3n) is 12.4. The first-order valence-electron chi connectivity index (χ1n) is 15.0. The van der Waals surface area contributed by atoms with Gasteiger partial charge in [-0.3, -0.25) is 9.59 Å². The number of carbonyl (C=O) groups is 2. The number of aliphatic hydroxyl groups excluding tert-OH is 1. The minimum absolute atomic E-state index is 0.0152. The second kappa shape index (κ2) is 8.96. The van der Waals surface area contributed by atoms with E-state index in [1.54, 1.807) is 13.8 Å². The van der Waals surface area contributed by atoms with Gasteiger partial charge in [0, 0.05) is 30.3 Å². The Kier molecular flexibility index (Phi) is 6.71. The van der Waals surface area contributed by atoms with Gasteiger partial charge in [0.1, 0.15) is 11.9 Å². The first-order chi connectivity index (χ1) is 17.5. The predicted octanol–water partition coefficient (Wildman–Crippen LogP) is 5.24. The van der Waals surface area contributed by atoms with Crippen LogP contribution >= 0.6 is 0 Å². The van der Waals surface area contributed by atoms with Crippen LogP contribution in [0, 0.1) is 45.3 Å². The van der Waals surface area contributed by atoms with Gasteiger partial charge in [0.25, 0.3) is 0 Å². The van der Waals surface area contributed by atoms with Gasteiger partial charge >= 0.3 is 0 Å². The maximum Gasteiger partial charge on any atom is 0.161 e. The monoisotopic (exact) mass is 530 g/mol. The van der Waals surface area contributed by atoms with Crippen LogP contribution in [0.5, 0.6) is 0 Å². The molecule has 2 N–H and O–H groups in total. The third-order valence-corrected chi connectivity index (χ3v) is 12.4. The topological polar surface area (TPSA) is 93.1 Å². The summed E-state index contributed by atoms with van der Waals surface area (Å²) in [5.74, 6) is 0.709. The summed E-state index contributed by atoms with van der Waals surface area (Å²) >= 11 is 0. The minimum Gasteiger partial charge on any atom is -0.390 e. The molecule has 5 aliphatic rings. The Morgan fingerprint density at radius 2 is 1.76 bits per heavy atom. The van der Waals surface area contributed by atoms with E-state index in [4.69, 9.17) is 9.47 Å².